The molecule has 2 aliphatic rings. The SMILES string of the molecule is O=C(O)C1CN(C(=O)CCC2CCOC2)CC1c1ccccc1. The first kappa shape index (κ1) is 16.0. The average molecular weight is 317 g/mol. The standard InChI is InChI=1S/C18H23NO4/c20-17(7-6-13-8-9-23-12-13)19-10-15(16(11-19)18(21)22)14-4-2-1-3-5-14/h1-5,13,15-16H,6-12H2,(H,21,22). The van der Waals surface area contributed by atoms with Crippen molar-refractivity contribution in [3.63, 3.8) is 0 Å². The van der Waals surface area contributed by atoms with Crippen LogP contribution in [0.25, 0.3) is 0 Å². The molecule has 1 aromatic rings. The van der Waals surface area contributed by atoms with Crippen molar-refractivity contribution in [3.05, 3.63) is 35.9 Å². The Hall–Kier alpha value is -1.88. The molecule has 5 nitrogen and oxygen atoms in total. The lowest BCUT2D eigenvalue weighted by molar-refractivity contribution is -0.141. The molecule has 0 aliphatic carbocycles. The van der Waals surface area contributed by atoms with Gasteiger partial charge in [0.25, 0.3) is 0 Å². The van der Waals surface area contributed by atoms with E-state index in [-0.39, 0.29) is 11.8 Å². The molecular weight excluding hydrogens is 294 g/mol. The molecule has 0 aromatic heterocycles. The number of carboxylic acids is 1. The monoisotopic (exact) mass is 317 g/mol. The summed E-state index contributed by atoms with van der Waals surface area (Å²) in [6.45, 7) is 2.35. The zero-order valence-corrected chi connectivity index (χ0v) is 13.2. The quantitative estimate of drug-likeness (QED) is 0.903. The number of carbonyl (C=O) groups excluding carboxylic acids is 1. The van der Waals surface area contributed by atoms with E-state index in [0.717, 1.165) is 31.6 Å². The van der Waals surface area contributed by atoms with E-state index in [9.17, 15) is 14.7 Å². The van der Waals surface area contributed by atoms with Crippen LogP contribution in [0.2, 0.25) is 0 Å². The third-order valence-corrected chi connectivity index (χ3v) is 5.01. The number of hydrogen-bond donors (Lipinski definition) is 1. The van der Waals surface area contributed by atoms with Gasteiger partial charge in [-0.1, -0.05) is 30.3 Å². The number of carboxylic acid groups (broad SMARTS) is 1. The van der Waals surface area contributed by atoms with Crippen LogP contribution >= 0.6 is 0 Å². The van der Waals surface area contributed by atoms with E-state index in [4.69, 9.17) is 4.74 Å². The Bertz CT molecular complexity index is 553. The number of amides is 1. The van der Waals surface area contributed by atoms with Crippen LogP contribution in [0.1, 0.15) is 30.7 Å². The maximum absolute atomic E-state index is 12.4. The molecule has 2 fully saturated rings. The van der Waals surface area contributed by atoms with Crippen molar-refractivity contribution in [2.24, 2.45) is 11.8 Å². The number of likely N-dealkylation sites (tertiary alicyclic amines) is 1. The first-order chi connectivity index (χ1) is 11.1. The highest BCUT2D eigenvalue weighted by Gasteiger charge is 2.40. The summed E-state index contributed by atoms with van der Waals surface area (Å²) in [6, 6.07) is 9.65. The lowest BCUT2D eigenvalue weighted by atomic mass is 9.89. The van der Waals surface area contributed by atoms with E-state index in [1.165, 1.54) is 0 Å². The predicted octanol–water partition coefficient (Wildman–Crippen LogP) is 2.13. The van der Waals surface area contributed by atoms with Crippen LogP contribution in [0, 0.1) is 11.8 Å². The van der Waals surface area contributed by atoms with Crippen molar-refractivity contribution in [1.29, 1.82) is 0 Å². The van der Waals surface area contributed by atoms with E-state index in [1.807, 2.05) is 30.3 Å². The summed E-state index contributed by atoms with van der Waals surface area (Å²) in [5, 5.41) is 9.49. The Morgan fingerprint density at radius 2 is 2.00 bits per heavy atom. The highest BCUT2D eigenvalue weighted by Crippen LogP contribution is 2.33. The van der Waals surface area contributed by atoms with Crippen molar-refractivity contribution in [2.45, 2.75) is 25.2 Å². The molecule has 2 saturated heterocycles. The van der Waals surface area contributed by atoms with Crippen molar-refractivity contribution >= 4 is 11.9 Å². The summed E-state index contributed by atoms with van der Waals surface area (Å²) >= 11 is 0. The molecule has 1 amide bonds. The van der Waals surface area contributed by atoms with Gasteiger partial charge < -0.3 is 14.7 Å². The Balaban J connectivity index is 1.62. The second-order valence-electron chi connectivity index (χ2n) is 6.53. The topological polar surface area (TPSA) is 66.8 Å². The van der Waals surface area contributed by atoms with E-state index >= 15 is 0 Å². The van der Waals surface area contributed by atoms with Gasteiger partial charge in [-0.3, -0.25) is 9.59 Å². The molecule has 1 N–H and O–H groups in total. The van der Waals surface area contributed by atoms with Gasteiger partial charge in [-0.25, -0.2) is 0 Å². The highest BCUT2D eigenvalue weighted by atomic mass is 16.5. The third kappa shape index (κ3) is 3.72. The summed E-state index contributed by atoms with van der Waals surface area (Å²) in [6.07, 6.45) is 2.35. The smallest absolute Gasteiger partial charge is 0.308 e. The van der Waals surface area contributed by atoms with Crippen LogP contribution in [0.4, 0.5) is 0 Å². The van der Waals surface area contributed by atoms with Gasteiger partial charge in [0.05, 0.1) is 5.92 Å². The first-order valence-electron chi connectivity index (χ1n) is 8.28. The number of ether oxygens (including phenoxy) is 1. The number of aliphatic carboxylic acids is 1. The summed E-state index contributed by atoms with van der Waals surface area (Å²) in [5.41, 5.74) is 0.999. The Kier molecular flexibility index (Phi) is 4.96. The molecule has 3 unspecified atom stereocenters. The molecule has 3 atom stereocenters. The lowest BCUT2D eigenvalue weighted by Crippen LogP contribution is -2.30. The van der Waals surface area contributed by atoms with Gasteiger partial charge in [-0.2, -0.15) is 0 Å². The van der Waals surface area contributed by atoms with Crippen LogP contribution in [0.3, 0.4) is 0 Å². The molecule has 23 heavy (non-hydrogen) atoms. The van der Waals surface area contributed by atoms with Crippen molar-refractivity contribution in [3.8, 4) is 0 Å². The van der Waals surface area contributed by atoms with Gasteiger partial charge in [0, 0.05) is 38.6 Å². The molecular formula is C18H23NO4. The van der Waals surface area contributed by atoms with E-state index in [1.54, 1.807) is 4.90 Å². The fourth-order valence-electron chi connectivity index (χ4n) is 3.59. The zero-order valence-electron chi connectivity index (χ0n) is 13.2. The summed E-state index contributed by atoms with van der Waals surface area (Å²) < 4.78 is 5.34. The lowest BCUT2D eigenvalue weighted by Gasteiger charge is -2.17. The molecule has 0 radical (unpaired) electrons. The normalized spacial score (nSPS) is 27.3. The third-order valence-electron chi connectivity index (χ3n) is 5.01. The van der Waals surface area contributed by atoms with Gasteiger partial charge in [0.2, 0.25) is 5.91 Å². The fraction of sp³-hybridized carbons (Fsp3) is 0.556. The molecule has 2 aliphatic heterocycles. The number of benzene rings is 1. The number of hydrogen-bond acceptors (Lipinski definition) is 3. The summed E-state index contributed by atoms with van der Waals surface area (Å²) in [5.74, 6) is -0.912. The Labute approximate surface area is 136 Å². The first-order valence-corrected chi connectivity index (χ1v) is 8.28. The minimum atomic E-state index is -0.821. The van der Waals surface area contributed by atoms with Gasteiger partial charge in [-0.15, -0.1) is 0 Å². The van der Waals surface area contributed by atoms with E-state index in [0.29, 0.717) is 25.4 Å². The van der Waals surface area contributed by atoms with Crippen molar-refractivity contribution < 1.29 is 19.4 Å². The molecule has 2 heterocycles. The minimum Gasteiger partial charge on any atom is -0.481 e. The molecule has 0 bridgehead atoms. The second kappa shape index (κ2) is 7.13. The number of rotatable bonds is 5. The molecule has 0 saturated carbocycles. The molecule has 0 spiro atoms. The van der Waals surface area contributed by atoms with Crippen molar-refractivity contribution in [1.82, 2.24) is 4.90 Å². The highest BCUT2D eigenvalue weighted by molar-refractivity contribution is 5.79. The zero-order chi connectivity index (χ0) is 16.2. The van der Waals surface area contributed by atoms with Crippen LogP contribution in [0.5, 0.6) is 0 Å². The van der Waals surface area contributed by atoms with Gasteiger partial charge in [0.15, 0.2) is 0 Å². The fourth-order valence-corrected chi connectivity index (χ4v) is 3.59. The van der Waals surface area contributed by atoms with Crippen LogP contribution in [-0.4, -0.2) is 48.2 Å². The molecule has 124 valence electrons. The van der Waals surface area contributed by atoms with Gasteiger partial charge in [-0.05, 0) is 24.3 Å². The van der Waals surface area contributed by atoms with Gasteiger partial charge >= 0.3 is 5.97 Å². The molecule has 3 rings (SSSR count). The summed E-state index contributed by atoms with van der Waals surface area (Å²) in [7, 11) is 0. The maximum atomic E-state index is 12.4. The van der Waals surface area contributed by atoms with E-state index < -0.39 is 11.9 Å². The summed E-state index contributed by atoms with van der Waals surface area (Å²) in [4.78, 5) is 25.7. The molecule has 1 aromatic carbocycles. The Morgan fingerprint density at radius 3 is 2.65 bits per heavy atom. The largest absolute Gasteiger partial charge is 0.481 e. The van der Waals surface area contributed by atoms with Gasteiger partial charge in [0.1, 0.15) is 0 Å². The molecule has 5 heteroatoms. The van der Waals surface area contributed by atoms with Crippen LogP contribution in [0.15, 0.2) is 30.3 Å². The van der Waals surface area contributed by atoms with Crippen molar-refractivity contribution in [2.75, 3.05) is 26.3 Å². The average Bonchev–Trinajstić information content (AvgIpc) is 3.23. The number of nitrogens with zero attached hydrogens (tertiary/aromatic N) is 1. The maximum Gasteiger partial charge on any atom is 0.308 e. The Morgan fingerprint density at radius 1 is 1.22 bits per heavy atom. The van der Waals surface area contributed by atoms with Crippen LogP contribution in [-0.2, 0) is 14.3 Å². The van der Waals surface area contributed by atoms with Crippen LogP contribution < -0.4 is 0 Å². The predicted molar refractivity (Wildman–Crippen MR) is 85.0 cm³/mol. The minimum absolute atomic E-state index is 0.0709. The van der Waals surface area contributed by atoms with E-state index in [2.05, 4.69) is 0 Å². The number of carbonyl (C=O) groups is 2. The second-order valence-corrected chi connectivity index (χ2v) is 6.53.